The summed E-state index contributed by atoms with van der Waals surface area (Å²) >= 11 is 1.48. The van der Waals surface area contributed by atoms with Gasteiger partial charge in [-0.25, -0.2) is 0 Å². The number of amides is 1. The van der Waals surface area contributed by atoms with Crippen molar-refractivity contribution >= 4 is 39.6 Å². The number of hydrogen-bond donors (Lipinski definition) is 2. The number of hydrogen-bond acceptors (Lipinski definition) is 6. The predicted molar refractivity (Wildman–Crippen MR) is 135 cm³/mol. The number of carbonyl (C=O) groups excluding carboxylic acids is 2. The molecule has 0 spiro atoms. The number of ketones is 1. The molecule has 7 heteroatoms. The molecule has 0 bridgehead atoms. The molecule has 2 N–H and O–H groups in total. The number of Topliss-reactive ketones (excluding diaryl/α,β-unsaturated/α-hetero) is 1. The number of ether oxygens (including phenoxy) is 1. The van der Waals surface area contributed by atoms with E-state index in [1.54, 1.807) is 31.2 Å². The van der Waals surface area contributed by atoms with E-state index in [1.807, 2.05) is 47.8 Å². The Kier molecular flexibility index (Phi) is 6.01. The molecule has 0 radical (unpaired) electrons. The number of nitrogens with zero attached hydrogens (tertiary/aromatic N) is 1. The Morgan fingerprint density at radius 3 is 2.54 bits per heavy atom. The van der Waals surface area contributed by atoms with Crippen LogP contribution in [0.1, 0.15) is 29.0 Å². The van der Waals surface area contributed by atoms with E-state index >= 15 is 0 Å². The van der Waals surface area contributed by atoms with Crippen LogP contribution in [-0.2, 0) is 16.1 Å². The third-order valence-electron chi connectivity index (χ3n) is 6.07. The molecule has 1 atom stereocenters. The zero-order valence-electron chi connectivity index (χ0n) is 19.0. The van der Waals surface area contributed by atoms with Crippen LogP contribution in [0.15, 0.2) is 83.7 Å². The Labute approximate surface area is 206 Å². The summed E-state index contributed by atoms with van der Waals surface area (Å²) in [6.07, 6.45) is 0. The van der Waals surface area contributed by atoms with Crippen molar-refractivity contribution in [3.05, 3.63) is 99.8 Å². The van der Waals surface area contributed by atoms with Gasteiger partial charge in [-0.05, 0) is 52.9 Å². The molecule has 0 saturated carbocycles. The zero-order valence-corrected chi connectivity index (χ0v) is 19.8. The van der Waals surface area contributed by atoms with Gasteiger partial charge >= 0.3 is 0 Å². The Morgan fingerprint density at radius 1 is 1.00 bits per heavy atom. The van der Waals surface area contributed by atoms with Gasteiger partial charge in [0.25, 0.3) is 11.7 Å². The van der Waals surface area contributed by atoms with Crippen LogP contribution in [0.5, 0.6) is 11.5 Å². The number of carbonyl (C=O) groups is 2. The highest BCUT2D eigenvalue weighted by atomic mass is 32.1. The number of phenolic OH excluding ortho intramolecular Hbond substituents is 1. The molecule has 1 saturated heterocycles. The monoisotopic (exact) mass is 485 g/mol. The summed E-state index contributed by atoms with van der Waals surface area (Å²) in [5, 5.41) is 25.4. The van der Waals surface area contributed by atoms with Crippen molar-refractivity contribution in [3.8, 4) is 11.5 Å². The zero-order chi connectivity index (χ0) is 24.5. The fraction of sp³-hybridized carbons (Fsp3) is 0.143. The van der Waals surface area contributed by atoms with Crippen molar-refractivity contribution in [3.63, 3.8) is 0 Å². The van der Waals surface area contributed by atoms with Crippen LogP contribution in [-0.4, -0.2) is 33.4 Å². The highest BCUT2D eigenvalue weighted by Gasteiger charge is 2.46. The van der Waals surface area contributed by atoms with Crippen molar-refractivity contribution < 1.29 is 24.5 Å². The van der Waals surface area contributed by atoms with Gasteiger partial charge < -0.3 is 19.8 Å². The summed E-state index contributed by atoms with van der Waals surface area (Å²) in [4.78, 5) is 28.9. The predicted octanol–water partition coefficient (Wildman–Crippen LogP) is 5.63. The lowest BCUT2D eigenvalue weighted by Gasteiger charge is -2.25. The molecule has 6 nitrogen and oxygen atoms in total. The van der Waals surface area contributed by atoms with Crippen molar-refractivity contribution in [2.24, 2.45) is 0 Å². The molecule has 4 aromatic rings. The van der Waals surface area contributed by atoms with E-state index in [4.69, 9.17) is 4.74 Å². The second-order valence-electron chi connectivity index (χ2n) is 8.23. The lowest BCUT2D eigenvalue weighted by molar-refractivity contribution is -0.140. The number of phenols is 1. The van der Waals surface area contributed by atoms with Gasteiger partial charge in [-0.1, -0.05) is 48.5 Å². The fourth-order valence-corrected chi connectivity index (χ4v) is 5.13. The van der Waals surface area contributed by atoms with Gasteiger partial charge in [0.15, 0.2) is 11.5 Å². The molecule has 2 heterocycles. The summed E-state index contributed by atoms with van der Waals surface area (Å²) in [6, 6.07) is 20.8. The van der Waals surface area contributed by atoms with Crippen LogP contribution >= 0.6 is 11.3 Å². The van der Waals surface area contributed by atoms with Crippen LogP contribution in [0.4, 0.5) is 0 Å². The van der Waals surface area contributed by atoms with Gasteiger partial charge in [0.2, 0.25) is 0 Å². The average Bonchev–Trinajstić information content (AvgIpc) is 3.47. The normalized spacial score (nSPS) is 17.3. The topological polar surface area (TPSA) is 87.1 Å². The minimum Gasteiger partial charge on any atom is -0.507 e. The van der Waals surface area contributed by atoms with Crippen LogP contribution in [0.2, 0.25) is 0 Å². The average molecular weight is 486 g/mol. The quantitative estimate of drug-likeness (QED) is 0.210. The molecule has 5 rings (SSSR count). The summed E-state index contributed by atoms with van der Waals surface area (Å²) in [5.74, 6) is -1.46. The molecular weight excluding hydrogens is 462 g/mol. The molecule has 3 aromatic carbocycles. The summed E-state index contributed by atoms with van der Waals surface area (Å²) in [6.45, 7) is 2.35. The van der Waals surface area contributed by atoms with Crippen molar-refractivity contribution in [1.29, 1.82) is 0 Å². The number of thiophene rings is 1. The van der Waals surface area contributed by atoms with Gasteiger partial charge in [-0.15, -0.1) is 11.3 Å². The Balaban J connectivity index is 1.68. The lowest BCUT2D eigenvalue weighted by atomic mass is 9.94. The van der Waals surface area contributed by atoms with E-state index in [9.17, 15) is 19.8 Å². The SMILES string of the molecule is CCOc1cc(C2/C(=C(\O)c3ccc4ccccc4c3)C(=O)C(=O)N2Cc2cccs2)ccc1O. The van der Waals surface area contributed by atoms with Gasteiger partial charge in [0.05, 0.1) is 24.8 Å². The van der Waals surface area contributed by atoms with Crippen molar-refractivity contribution in [1.82, 2.24) is 4.90 Å². The second kappa shape index (κ2) is 9.27. The van der Waals surface area contributed by atoms with Crippen LogP contribution in [0, 0.1) is 0 Å². The molecule has 0 aliphatic carbocycles. The number of aliphatic hydroxyl groups excluding tert-OH is 1. The Bertz CT molecular complexity index is 1460. The fourth-order valence-electron chi connectivity index (χ4n) is 4.42. The van der Waals surface area contributed by atoms with Gasteiger partial charge in [-0.3, -0.25) is 9.59 Å². The van der Waals surface area contributed by atoms with Crippen LogP contribution < -0.4 is 4.74 Å². The maximum Gasteiger partial charge on any atom is 0.295 e. The molecule has 1 aliphatic rings. The highest BCUT2D eigenvalue weighted by Crippen LogP contribution is 2.43. The van der Waals surface area contributed by atoms with Gasteiger partial charge in [0.1, 0.15) is 5.76 Å². The Morgan fingerprint density at radius 2 is 1.80 bits per heavy atom. The molecule has 1 fully saturated rings. The summed E-state index contributed by atoms with van der Waals surface area (Å²) < 4.78 is 5.55. The lowest BCUT2D eigenvalue weighted by Crippen LogP contribution is -2.28. The molecule has 1 unspecified atom stereocenters. The second-order valence-corrected chi connectivity index (χ2v) is 9.26. The number of likely N-dealkylation sites (tertiary alicyclic amines) is 1. The first kappa shape index (κ1) is 22.7. The van der Waals surface area contributed by atoms with Gasteiger partial charge in [0, 0.05) is 10.4 Å². The number of benzene rings is 3. The number of fused-ring (bicyclic) bond motifs is 1. The first-order valence-electron chi connectivity index (χ1n) is 11.2. The van der Waals surface area contributed by atoms with Gasteiger partial charge in [-0.2, -0.15) is 0 Å². The largest absolute Gasteiger partial charge is 0.507 e. The highest BCUT2D eigenvalue weighted by molar-refractivity contribution is 7.09. The maximum atomic E-state index is 13.3. The minimum atomic E-state index is -0.844. The molecule has 176 valence electrons. The van der Waals surface area contributed by atoms with E-state index in [-0.39, 0.29) is 29.4 Å². The first-order valence-corrected chi connectivity index (χ1v) is 12.1. The van der Waals surface area contributed by atoms with Crippen molar-refractivity contribution in [2.45, 2.75) is 19.5 Å². The minimum absolute atomic E-state index is 0.00924. The van der Waals surface area contributed by atoms with Crippen LogP contribution in [0.25, 0.3) is 16.5 Å². The standard InChI is InChI=1S/C28H23NO5S/c1-2-34-23-15-19(11-12-22(23)30)25-24(27(32)28(33)29(25)16-21-8-5-13-35-21)26(31)20-10-9-17-6-3-4-7-18(17)14-20/h3-15,25,30-31H,2,16H2,1H3/b26-24+. The van der Waals surface area contributed by atoms with Crippen molar-refractivity contribution in [2.75, 3.05) is 6.61 Å². The molecule has 1 amide bonds. The first-order chi connectivity index (χ1) is 17.0. The number of aliphatic hydroxyl groups is 1. The maximum absolute atomic E-state index is 13.3. The van der Waals surface area contributed by atoms with Crippen LogP contribution in [0.3, 0.4) is 0 Å². The summed E-state index contributed by atoms with van der Waals surface area (Å²) in [5.41, 5.74) is 1.02. The molecule has 1 aliphatic heterocycles. The van der Waals surface area contributed by atoms with E-state index in [1.165, 1.54) is 22.3 Å². The summed E-state index contributed by atoms with van der Waals surface area (Å²) in [7, 11) is 0. The number of aromatic hydroxyl groups is 1. The molecule has 1 aromatic heterocycles. The third-order valence-corrected chi connectivity index (χ3v) is 6.93. The van der Waals surface area contributed by atoms with E-state index in [2.05, 4.69) is 0 Å². The van der Waals surface area contributed by atoms with E-state index < -0.39 is 17.7 Å². The number of rotatable bonds is 6. The molecule has 35 heavy (non-hydrogen) atoms. The molecular formula is C28H23NO5S. The van der Waals surface area contributed by atoms with E-state index in [0.717, 1.165) is 15.6 Å². The van der Waals surface area contributed by atoms with E-state index in [0.29, 0.717) is 17.7 Å². The smallest absolute Gasteiger partial charge is 0.295 e. The Hall–Kier alpha value is -4.10. The third kappa shape index (κ3) is 4.15.